The first-order chi connectivity index (χ1) is 15.6. The first-order valence-corrected chi connectivity index (χ1v) is 9.80. The van der Waals surface area contributed by atoms with E-state index in [4.69, 9.17) is 0 Å². The molecule has 1 N–H and O–H groups in total. The molecule has 4 rings (SSSR count). The van der Waals surface area contributed by atoms with Gasteiger partial charge in [0.15, 0.2) is 5.65 Å². The van der Waals surface area contributed by atoms with Crippen LogP contribution in [0.3, 0.4) is 0 Å². The molecule has 0 radical (unpaired) electrons. The highest BCUT2D eigenvalue weighted by atomic mass is 19.4. The highest BCUT2D eigenvalue weighted by molar-refractivity contribution is 6.04. The lowest BCUT2D eigenvalue weighted by Gasteiger charge is -2.21. The fourth-order valence-corrected chi connectivity index (χ4v) is 3.43. The van der Waals surface area contributed by atoms with Gasteiger partial charge >= 0.3 is 6.18 Å². The van der Waals surface area contributed by atoms with E-state index >= 15 is 0 Å². The molecule has 4 aromatic rings. The minimum absolute atomic E-state index is 0.0453. The molecule has 0 spiro atoms. The number of halogens is 3. The Hall–Kier alpha value is -4.21. The fraction of sp³-hybridized carbons (Fsp3) is 0.130. The van der Waals surface area contributed by atoms with Crippen LogP contribution in [0.25, 0.3) is 16.9 Å². The molecule has 0 aliphatic rings. The maximum absolute atomic E-state index is 13.4. The molecular formula is C23H18F3N5O2. The van der Waals surface area contributed by atoms with Crippen LogP contribution in [0, 0.1) is 0 Å². The predicted molar refractivity (Wildman–Crippen MR) is 117 cm³/mol. The zero-order valence-electron chi connectivity index (χ0n) is 17.6. The number of nitrogens with zero attached hydrogens (tertiary/aromatic N) is 4. The van der Waals surface area contributed by atoms with Crippen molar-refractivity contribution >= 4 is 28.8 Å². The number of carbonyl (C=O) groups excluding carboxylic acids is 2. The van der Waals surface area contributed by atoms with Crippen molar-refractivity contribution in [2.75, 3.05) is 17.3 Å². The molecular weight excluding hydrogens is 435 g/mol. The third-order valence-corrected chi connectivity index (χ3v) is 4.99. The van der Waals surface area contributed by atoms with Crippen molar-refractivity contribution in [1.82, 2.24) is 14.4 Å². The summed E-state index contributed by atoms with van der Waals surface area (Å²) in [4.78, 5) is 33.5. The van der Waals surface area contributed by atoms with E-state index in [1.165, 1.54) is 44.6 Å². The number of fused-ring (bicyclic) bond motifs is 1. The topological polar surface area (TPSA) is 79.6 Å². The van der Waals surface area contributed by atoms with Gasteiger partial charge in [0.25, 0.3) is 5.91 Å². The molecule has 0 aliphatic carbocycles. The average molecular weight is 453 g/mol. The Morgan fingerprint density at radius 1 is 1.00 bits per heavy atom. The molecule has 7 nitrogen and oxygen atoms in total. The zero-order valence-corrected chi connectivity index (χ0v) is 17.6. The van der Waals surface area contributed by atoms with Gasteiger partial charge in [-0.1, -0.05) is 24.3 Å². The average Bonchev–Trinajstić information content (AvgIpc) is 3.21. The van der Waals surface area contributed by atoms with Crippen LogP contribution < -0.4 is 10.2 Å². The predicted octanol–water partition coefficient (Wildman–Crippen LogP) is 4.65. The van der Waals surface area contributed by atoms with E-state index in [0.29, 0.717) is 17.0 Å². The van der Waals surface area contributed by atoms with Gasteiger partial charge in [-0.15, -0.1) is 0 Å². The molecule has 0 aliphatic heterocycles. The quantitative estimate of drug-likeness (QED) is 0.488. The SMILES string of the molecule is CC(=O)Nc1ccc(-c2cnc3cnc(C(=O)N(C)c4ccccc4C(F)(F)F)cn23)cc1. The number of rotatable bonds is 4. The summed E-state index contributed by atoms with van der Waals surface area (Å²) in [6.07, 6.45) is -0.189. The molecule has 0 fully saturated rings. The summed E-state index contributed by atoms with van der Waals surface area (Å²) >= 11 is 0. The second kappa shape index (κ2) is 8.38. The maximum Gasteiger partial charge on any atom is 0.418 e. The standard InChI is InChI=1S/C23H18F3N5O2/c1-14(32)29-16-9-7-15(8-10-16)20-11-28-21-12-27-18(13-31(20)21)22(33)30(2)19-6-4-3-5-17(19)23(24,25)26/h3-13H,1-2H3,(H,29,32). The van der Waals surface area contributed by atoms with Crippen LogP contribution in [0.15, 0.2) is 67.1 Å². The van der Waals surface area contributed by atoms with Crippen LogP contribution in [-0.2, 0) is 11.0 Å². The summed E-state index contributed by atoms with van der Waals surface area (Å²) in [6, 6.07) is 11.9. The molecule has 2 aromatic heterocycles. The summed E-state index contributed by atoms with van der Waals surface area (Å²) in [6.45, 7) is 1.41. The molecule has 33 heavy (non-hydrogen) atoms. The van der Waals surface area contributed by atoms with Crippen molar-refractivity contribution in [2.24, 2.45) is 0 Å². The van der Waals surface area contributed by atoms with Crippen molar-refractivity contribution in [3.63, 3.8) is 0 Å². The Balaban J connectivity index is 1.69. The first kappa shape index (κ1) is 22.0. The Labute approximate surface area is 186 Å². The molecule has 0 bridgehead atoms. The van der Waals surface area contributed by atoms with Gasteiger partial charge in [0.05, 0.1) is 29.3 Å². The number of aromatic nitrogens is 3. The van der Waals surface area contributed by atoms with E-state index in [0.717, 1.165) is 16.5 Å². The number of carbonyl (C=O) groups is 2. The van der Waals surface area contributed by atoms with Crippen LogP contribution in [0.1, 0.15) is 23.0 Å². The molecule has 2 heterocycles. The number of para-hydroxylation sites is 1. The second-order valence-electron chi connectivity index (χ2n) is 7.28. The minimum Gasteiger partial charge on any atom is -0.326 e. The molecule has 0 saturated heterocycles. The van der Waals surface area contributed by atoms with Gasteiger partial charge in [-0.3, -0.25) is 14.0 Å². The molecule has 0 unspecified atom stereocenters. The van der Waals surface area contributed by atoms with Gasteiger partial charge in [0.2, 0.25) is 5.91 Å². The molecule has 0 atom stereocenters. The highest BCUT2D eigenvalue weighted by Crippen LogP contribution is 2.36. The molecule has 168 valence electrons. The molecule has 0 saturated carbocycles. The van der Waals surface area contributed by atoms with Gasteiger partial charge < -0.3 is 10.2 Å². The van der Waals surface area contributed by atoms with E-state index < -0.39 is 17.6 Å². The van der Waals surface area contributed by atoms with E-state index in [1.54, 1.807) is 34.9 Å². The maximum atomic E-state index is 13.4. The first-order valence-electron chi connectivity index (χ1n) is 9.80. The van der Waals surface area contributed by atoms with Crippen molar-refractivity contribution in [3.05, 3.63) is 78.4 Å². The van der Waals surface area contributed by atoms with Gasteiger partial charge in [-0.25, -0.2) is 9.97 Å². The lowest BCUT2D eigenvalue weighted by molar-refractivity contribution is -0.137. The second-order valence-corrected chi connectivity index (χ2v) is 7.28. The molecule has 10 heteroatoms. The van der Waals surface area contributed by atoms with E-state index in [2.05, 4.69) is 15.3 Å². The van der Waals surface area contributed by atoms with Gasteiger partial charge in [-0.05, 0) is 24.3 Å². The fourth-order valence-electron chi connectivity index (χ4n) is 3.43. The number of hydrogen-bond donors (Lipinski definition) is 1. The van der Waals surface area contributed by atoms with Gasteiger partial charge in [0, 0.05) is 31.4 Å². The van der Waals surface area contributed by atoms with E-state index in [9.17, 15) is 22.8 Å². The van der Waals surface area contributed by atoms with Crippen LogP contribution >= 0.6 is 0 Å². The number of imidazole rings is 1. The minimum atomic E-state index is -4.61. The summed E-state index contributed by atoms with van der Waals surface area (Å²) in [5.41, 5.74) is 1.27. The summed E-state index contributed by atoms with van der Waals surface area (Å²) in [7, 11) is 1.27. The number of amides is 2. The number of nitrogens with one attached hydrogen (secondary N) is 1. The number of benzene rings is 2. The number of hydrogen-bond acceptors (Lipinski definition) is 4. The number of alkyl halides is 3. The van der Waals surface area contributed by atoms with Crippen molar-refractivity contribution in [1.29, 1.82) is 0 Å². The Morgan fingerprint density at radius 2 is 1.70 bits per heavy atom. The zero-order chi connectivity index (χ0) is 23.8. The Bertz CT molecular complexity index is 1350. The van der Waals surface area contributed by atoms with Crippen molar-refractivity contribution in [3.8, 4) is 11.3 Å². The monoisotopic (exact) mass is 453 g/mol. The summed E-state index contributed by atoms with van der Waals surface area (Å²) in [5.74, 6) is -0.891. The van der Waals surface area contributed by atoms with E-state index in [1.807, 2.05) is 0 Å². The third kappa shape index (κ3) is 4.40. The van der Waals surface area contributed by atoms with Gasteiger partial charge in [0.1, 0.15) is 5.69 Å². The Kier molecular flexibility index (Phi) is 5.59. The largest absolute Gasteiger partial charge is 0.418 e. The van der Waals surface area contributed by atoms with Crippen molar-refractivity contribution in [2.45, 2.75) is 13.1 Å². The highest BCUT2D eigenvalue weighted by Gasteiger charge is 2.35. The van der Waals surface area contributed by atoms with Crippen LogP contribution in [0.4, 0.5) is 24.5 Å². The number of anilines is 2. The molecule has 2 amide bonds. The lowest BCUT2D eigenvalue weighted by Crippen LogP contribution is -2.29. The van der Waals surface area contributed by atoms with Gasteiger partial charge in [-0.2, -0.15) is 13.2 Å². The normalized spacial score (nSPS) is 11.4. The van der Waals surface area contributed by atoms with Crippen LogP contribution in [0.5, 0.6) is 0 Å². The van der Waals surface area contributed by atoms with Crippen molar-refractivity contribution < 1.29 is 22.8 Å². The van der Waals surface area contributed by atoms with Crippen LogP contribution in [-0.4, -0.2) is 33.2 Å². The van der Waals surface area contributed by atoms with E-state index in [-0.39, 0.29) is 17.3 Å². The molecule has 2 aromatic carbocycles. The van der Waals surface area contributed by atoms with Crippen LogP contribution in [0.2, 0.25) is 0 Å². The summed E-state index contributed by atoms with van der Waals surface area (Å²) in [5, 5.41) is 2.68. The lowest BCUT2D eigenvalue weighted by atomic mass is 10.1. The Morgan fingerprint density at radius 3 is 2.36 bits per heavy atom. The smallest absolute Gasteiger partial charge is 0.326 e. The third-order valence-electron chi connectivity index (χ3n) is 4.99. The summed E-state index contributed by atoms with van der Waals surface area (Å²) < 4.78 is 41.8.